The summed E-state index contributed by atoms with van der Waals surface area (Å²) in [6.07, 6.45) is 2.15. The van der Waals surface area contributed by atoms with Crippen molar-refractivity contribution in [2.75, 3.05) is 18.7 Å². The normalized spacial score (nSPS) is 23.0. The van der Waals surface area contributed by atoms with E-state index in [0.717, 1.165) is 37.7 Å². The number of carbonyl (C=O) groups excluding carboxylic acids is 4. The summed E-state index contributed by atoms with van der Waals surface area (Å²) in [4.78, 5) is 54.8. The Morgan fingerprint density at radius 2 is 1.78 bits per heavy atom. The number of nitrogens with two attached hydrogens (primary N) is 1. The Morgan fingerprint density at radius 3 is 2.49 bits per heavy atom. The van der Waals surface area contributed by atoms with E-state index in [-0.39, 0.29) is 31.2 Å². The maximum absolute atomic E-state index is 13.2. The Kier molecular flexibility index (Phi) is 11.9. The maximum atomic E-state index is 13.2. The zero-order chi connectivity index (χ0) is 36.8. The zero-order valence-corrected chi connectivity index (χ0v) is 29.4. The molecule has 0 unspecified atom stereocenters. The molecule has 0 bridgehead atoms. The largest absolute Gasteiger partial charge is 0.462 e. The van der Waals surface area contributed by atoms with Gasteiger partial charge < -0.3 is 34.5 Å². The number of hydrogen-bond acceptors (Lipinski definition) is 13. The minimum atomic E-state index is -1.53. The summed E-state index contributed by atoms with van der Waals surface area (Å²) in [6.45, 7) is 5.68. The monoisotopic (exact) mass is 709 g/mol. The lowest BCUT2D eigenvalue weighted by Crippen LogP contribution is -2.43. The Bertz CT molecular complexity index is 1690. The second-order valence-electron chi connectivity index (χ2n) is 14.3. The van der Waals surface area contributed by atoms with Crippen molar-refractivity contribution in [1.82, 2.24) is 14.6 Å². The van der Waals surface area contributed by atoms with E-state index in [1.807, 2.05) is 30.3 Å². The minimum absolute atomic E-state index is 0.0628. The van der Waals surface area contributed by atoms with Gasteiger partial charge in [-0.1, -0.05) is 49.6 Å². The van der Waals surface area contributed by atoms with E-state index in [4.69, 9.17) is 29.4 Å². The Balaban J connectivity index is 1.32. The van der Waals surface area contributed by atoms with Gasteiger partial charge in [0.15, 0.2) is 11.9 Å². The van der Waals surface area contributed by atoms with Crippen molar-refractivity contribution in [3.63, 3.8) is 0 Å². The van der Waals surface area contributed by atoms with E-state index in [2.05, 4.69) is 15.4 Å². The van der Waals surface area contributed by atoms with E-state index in [1.165, 1.54) is 10.8 Å². The lowest BCUT2D eigenvalue weighted by atomic mass is 9.87. The average molecular weight is 710 g/mol. The van der Waals surface area contributed by atoms with Gasteiger partial charge >= 0.3 is 24.0 Å². The summed E-state index contributed by atoms with van der Waals surface area (Å²) in [5.41, 5.74) is 5.37. The Labute approximate surface area is 296 Å². The number of anilines is 1. The van der Waals surface area contributed by atoms with Gasteiger partial charge in [0, 0.05) is 6.42 Å². The first-order valence-electron chi connectivity index (χ1n) is 17.2. The van der Waals surface area contributed by atoms with Gasteiger partial charge in [-0.2, -0.15) is 5.10 Å². The number of ether oxygens (including phenoxy) is 5. The van der Waals surface area contributed by atoms with Gasteiger partial charge in [0.05, 0.1) is 11.1 Å². The number of hydrogen-bond donors (Lipinski definition) is 3. The quantitative estimate of drug-likeness (QED) is 0.139. The molecule has 4 N–H and O–H groups in total. The molecule has 15 nitrogen and oxygen atoms in total. The molecule has 5 atom stereocenters. The number of aliphatic hydroxyl groups is 1. The molecule has 1 aliphatic heterocycles. The van der Waals surface area contributed by atoms with Crippen LogP contribution in [0.2, 0.25) is 0 Å². The van der Waals surface area contributed by atoms with E-state index >= 15 is 0 Å². The first-order valence-corrected chi connectivity index (χ1v) is 17.2. The van der Waals surface area contributed by atoms with Gasteiger partial charge in [-0.3, -0.25) is 19.7 Å². The molecule has 2 aromatic heterocycles. The number of esters is 3. The molecule has 3 aromatic rings. The number of rotatable bonds is 12. The second kappa shape index (κ2) is 16.2. The van der Waals surface area contributed by atoms with Crippen molar-refractivity contribution < 1.29 is 48.0 Å². The lowest BCUT2D eigenvalue weighted by molar-refractivity contribution is -0.162. The number of amides is 1. The number of carbonyl (C=O) groups is 4. The maximum Gasteiger partial charge on any atom is 0.415 e. The fourth-order valence-corrected chi connectivity index (χ4v) is 6.39. The van der Waals surface area contributed by atoms with Crippen LogP contribution in [0, 0.1) is 11.3 Å². The molecule has 1 aromatic carbocycles. The SMILES string of the molecule is CC(C)(C)C(=O)OCOC(=O)Nc1ncnn2c([C@]3(C)O[C@H](COC(=O)[C@@H](N)Cc4ccccc4)[C@@H](OC(=O)CC4CCCCC4)[C@H]3O)ccc12. The lowest BCUT2D eigenvalue weighted by Gasteiger charge is -2.28. The Morgan fingerprint density at radius 1 is 1.06 bits per heavy atom. The third kappa shape index (κ3) is 9.20. The van der Waals surface area contributed by atoms with E-state index in [0.29, 0.717) is 11.2 Å². The molecule has 15 heteroatoms. The molecule has 0 radical (unpaired) electrons. The summed E-state index contributed by atoms with van der Waals surface area (Å²) in [6, 6.07) is 11.6. The minimum Gasteiger partial charge on any atom is -0.462 e. The summed E-state index contributed by atoms with van der Waals surface area (Å²) >= 11 is 0. The van der Waals surface area contributed by atoms with Crippen LogP contribution < -0.4 is 11.1 Å². The first-order chi connectivity index (χ1) is 24.3. The van der Waals surface area contributed by atoms with Crippen LogP contribution in [-0.2, 0) is 50.1 Å². The second-order valence-corrected chi connectivity index (χ2v) is 14.3. The number of benzene rings is 1. The molecule has 1 aliphatic carbocycles. The van der Waals surface area contributed by atoms with E-state index in [9.17, 15) is 24.3 Å². The summed E-state index contributed by atoms with van der Waals surface area (Å²) < 4.78 is 29.3. The van der Waals surface area contributed by atoms with Gasteiger partial charge in [0.1, 0.15) is 42.3 Å². The standard InChI is InChI=1S/C36H47N5O10/c1-35(2,3)33(45)48-21-49-34(46)40-31-25-15-16-27(41(25)39-20-38-31)36(4)30(43)29(50-28(42)18-23-13-9-6-10-14-23)26(51-36)19-47-32(44)24(37)17-22-11-7-5-8-12-22/h5,7-8,11-12,15-16,20,23-24,26,29-30,43H,6,9-10,13-14,17-19,21,37H2,1-4H3,(H,38,39,40,46)/t24-,26+,29+,30+,36-/m0/s1. The van der Waals surface area contributed by atoms with Gasteiger partial charge in [0.2, 0.25) is 6.79 Å². The molecule has 5 rings (SSSR count). The van der Waals surface area contributed by atoms with Crippen LogP contribution in [0.4, 0.5) is 10.6 Å². The topological polar surface area (TPSA) is 203 Å². The summed E-state index contributed by atoms with van der Waals surface area (Å²) in [7, 11) is 0. The van der Waals surface area contributed by atoms with Crippen LogP contribution in [0.3, 0.4) is 0 Å². The third-order valence-electron chi connectivity index (χ3n) is 9.25. The number of aromatic nitrogens is 3. The molecule has 1 saturated carbocycles. The zero-order valence-electron chi connectivity index (χ0n) is 29.4. The van der Waals surface area contributed by atoms with Gasteiger partial charge in [-0.15, -0.1) is 0 Å². The highest BCUT2D eigenvalue weighted by atomic mass is 16.7. The van der Waals surface area contributed by atoms with Crippen LogP contribution in [0.1, 0.15) is 77.5 Å². The van der Waals surface area contributed by atoms with Crippen molar-refractivity contribution in [3.8, 4) is 0 Å². The molecule has 2 fully saturated rings. The smallest absolute Gasteiger partial charge is 0.415 e. The molecule has 1 saturated heterocycles. The third-order valence-corrected chi connectivity index (χ3v) is 9.25. The summed E-state index contributed by atoms with van der Waals surface area (Å²) in [5.74, 6) is -1.43. The highest BCUT2D eigenvalue weighted by Gasteiger charge is 2.56. The molecular formula is C36H47N5O10. The highest BCUT2D eigenvalue weighted by molar-refractivity contribution is 5.88. The predicted molar refractivity (Wildman–Crippen MR) is 182 cm³/mol. The van der Waals surface area contributed by atoms with Crippen molar-refractivity contribution in [3.05, 3.63) is 60.0 Å². The number of nitrogens with one attached hydrogen (secondary N) is 1. The fraction of sp³-hybridized carbons (Fsp3) is 0.556. The first kappa shape index (κ1) is 37.7. The summed E-state index contributed by atoms with van der Waals surface area (Å²) in [5, 5.41) is 18.6. The van der Waals surface area contributed by atoms with Gasteiger partial charge in [0.25, 0.3) is 0 Å². The molecule has 0 spiro atoms. The predicted octanol–water partition coefficient (Wildman–Crippen LogP) is 3.79. The van der Waals surface area contributed by atoms with Crippen molar-refractivity contribution in [2.45, 2.75) is 103 Å². The number of nitrogens with zero attached hydrogens (tertiary/aromatic N) is 3. The highest BCUT2D eigenvalue weighted by Crippen LogP contribution is 2.42. The molecule has 51 heavy (non-hydrogen) atoms. The van der Waals surface area contributed by atoms with Crippen LogP contribution in [0.25, 0.3) is 5.52 Å². The van der Waals surface area contributed by atoms with Gasteiger partial charge in [-0.05, 0) is 70.6 Å². The molecule has 1 amide bonds. The van der Waals surface area contributed by atoms with Gasteiger partial charge in [-0.25, -0.2) is 14.3 Å². The van der Waals surface area contributed by atoms with Crippen molar-refractivity contribution in [1.29, 1.82) is 0 Å². The molecular weight excluding hydrogens is 662 g/mol. The molecule has 3 heterocycles. The average Bonchev–Trinajstić information content (AvgIpc) is 3.64. The molecule has 2 aliphatic rings. The van der Waals surface area contributed by atoms with Crippen molar-refractivity contribution in [2.24, 2.45) is 17.1 Å². The number of fused-ring (bicyclic) bond motifs is 1. The van der Waals surface area contributed by atoms with Crippen LogP contribution in [0.15, 0.2) is 48.8 Å². The molecule has 276 valence electrons. The Hall–Kier alpha value is -4.60. The van der Waals surface area contributed by atoms with Crippen molar-refractivity contribution >= 4 is 35.3 Å². The van der Waals surface area contributed by atoms with Crippen LogP contribution in [-0.4, -0.2) is 81.5 Å². The van der Waals surface area contributed by atoms with Crippen LogP contribution >= 0.6 is 0 Å². The van der Waals surface area contributed by atoms with E-state index < -0.39 is 66.2 Å². The van der Waals surface area contributed by atoms with Crippen LogP contribution in [0.5, 0.6) is 0 Å². The number of aliphatic hydroxyl groups excluding tert-OH is 1. The fourth-order valence-electron chi connectivity index (χ4n) is 6.39. The van der Waals surface area contributed by atoms with E-state index in [1.54, 1.807) is 39.8 Å².